The van der Waals surface area contributed by atoms with Crippen LogP contribution in [0.15, 0.2) is 4.52 Å². The summed E-state index contributed by atoms with van der Waals surface area (Å²) in [5.41, 5.74) is -1.14. The third-order valence-electron chi connectivity index (χ3n) is 4.67. The Morgan fingerprint density at radius 2 is 2.00 bits per heavy atom. The number of ether oxygens (including phenoxy) is 2. The van der Waals surface area contributed by atoms with E-state index >= 15 is 0 Å². The molecule has 0 radical (unpaired) electrons. The number of hydrogen-bond acceptors (Lipinski definition) is 6. The summed E-state index contributed by atoms with van der Waals surface area (Å²) < 4.78 is 16.1. The zero-order chi connectivity index (χ0) is 14.2. The maximum atomic E-state index is 12.2. The first-order valence-corrected chi connectivity index (χ1v) is 7.24. The molecule has 1 aromatic rings. The highest BCUT2D eigenvalue weighted by Gasteiger charge is 2.53. The van der Waals surface area contributed by atoms with Gasteiger partial charge < -0.3 is 14.0 Å². The van der Waals surface area contributed by atoms with Crippen LogP contribution in [0.5, 0.6) is 0 Å². The van der Waals surface area contributed by atoms with Crippen LogP contribution in [0.1, 0.15) is 57.2 Å². The predicted octanol–water partition coefficient (Wildman–Crippen LogP) is 2.08. The number of rotatable bonds is 5. The van der Waals surface area contributed by atoms with Gasteiger partial charge >= 0.3 is 5.97 Å². The van der Waals surface area contributed by atoms with Crippen LogP contribution in [-0.4, -0.2) is 29.8 Å². The van der Waals surface area contributed by atoms with E-state index in [4.69, 9.17) is 14.0 Å². The molecule has 0 bridgehead atoms. The Hall–Kier alpha value is -1.43. The van der Waals surface area contributed by atoms with Gasteiger partial charge in [-0.15, -0.1) is 0 Å². The Kier molecular flexibility index (Phi) is 3.28. The van der Waals surface area contributed by atoms with Crippen LogP contribution in [0.4, 0.5) is 0 Å². The van der Waals surface area contributed by atoms with Gasteiger partial charge in [-0.3, -0.25) is 4.79 Å². The molecule has 0 aromatic carbocycles. The van der Waals surface area contributed by atoms with Gasteiger partial charge in [-0.2, -0.15) is 4.98 Å². The van der Waals surface area contributed by atoms with Gasteiger partial charge in [-0.05, 0) is 39.0 Å². The van der Waals surface area contributed by atoms with Gasteiger partial charge in [0.25, 0.3) is 0 Å². The van der Waals surface area contributed by atoms with Crippen LogP contribution in [0.2, 0.25) is 0 Å². The summed E-state index contributed by atoms with van der Waals surface area (Å²) in [6, 6.07) is 0. The van der Waals surface area contributed by atoms with Gasteiger partial charge in [-0.25, -0.2) is 0 Å². The van der Waals surface area contributed by atoms with E-state index in [0.29, 0.717) is 31.2 Å². The number of carbonyl (C=O) groups excluding carboxylic acids is 1. The molecule has 0 aliphatic heterocycles. The molecule has 0 unspecified atom stereocenters. The van der Waals surface area contributed by atoms with Crippen molar-refractivity contribution in [1.82, 2.24) is 10.1 Å². The highest BCUT2D eigenvalue weighted by Crippen LogP contribution is 2.47. The molecule has 110 valence electrons. The van der Waals surface area contributed by atoms with Crippen LogP contribution < -0.4 is 0 Å². The molecular weight excluding hydrogens is 260 g/mol. The van der Waals surface area contributed by atoms with Crippen LogP contribution >= 0.6 is 0 Å². The minimum Gasteiger partial charge on any atom is -0.465 e. The van der Waals surface area contributed by atoms with Crippen LogP contribution in [0.25, 0.3) is 0 Å². The van der Waals surface area contributed by atoms with E-state index in [9.17, 15) is 4.79 Å². The molecule has 1 aromatic heterocycles. The zero-order valence-corrected chi connectivity index (χ0v) is 12.0. The molecule has 0 saturated heterocycles. The number of nitrogens with zero attached hydrogens (tertiary/aromatic N) is 2. The second-order valence-electron chi connectivity index (χ2n) is 5.63. The fraction of sp³-hybridized carbons (Fsp3) is 0.786. The molecule has 2 aliphatic rings. The second kappa shape index (κ2) is 4.84. The van der Waals surface area contributed by atoms with Gasteiger partial charge in [0.05, 0.1) is 6.61 Å². The summed E-state index contributed by atoms with van der Waals surface area (Å²) in [6.07, 6.45) is 5.30. The maximum Gasteiger partial charge on any atom is 0.321 e. The second-order valence-corrected chi connectivity index (χ2v) is 5.63. The van der Waals surface area contributed by atoms with Crippen molar-refractivity contribution >= 4 is 5.97 Å². The van der Waals surface area contributed by atoms with Crippen molar-refractivity contribution < 1.29 is 18.8 Å². The average Bonchev–Trinajstić information content (AvgIpc) is 2.77. The predicted molar refractivity (Wildman–Crippen MR) is 69.0 cm³/mol. The van der Waals surface area contributed by atoms with Crippen molar-refractivity contribution in [3.8, 4) is 0 Å². The first kappa shape index (κ1) is 13.5. The number of methoxy groups -OCH3 is 1. The fourth-order valence-electron chi connectivity index (χ4n) is 2.92. The Morgan fingerprint density at radius 3 is 2.45 bits per heavy atom. The van der Waals surface area contributed by atoms with Crippen molar-refractivity contribution in [3.05, 3.63) is 11.7 Å². The van der Waals surface area contributed by atoms with Gasteiger partial charge in [0, 0.05) is 7.11 Å². The fourth-order valence-corrected chi connectivity index (χ4v) is 2.92. The highest BCUT2D eigenvalue weighted by molar-refractivity contribution is 5.83. The van der Waals surface area contributed by atoms with Crippen molar-refractivity contribution in [2.75, 3.05) is 13.7 Å². The lowest BCUT2D eigenvalue weighted by Gasteiger charge is -2.37. The zero-order valence-electron chi connectivity index (χ0n) is 12.0. The van der Waals surface area contributed by atoms with E-state index in [-0.39, 0.29) is 5.97 Å². The van der Waals surface area contributed by atoms with E-state index in [1.807, 2.05) is 0 Å². The molecule has 6 heteroatoms. The van der Waals surface area contributed by atoms with E-state index in [1.165, 1.54) is 0 Å². The van der Waals surface area contributed by atoms with Crippen LogP contribution in [0.3, 0.4) is 0 Å². The highest BCUT2D eigenvalue weighted by atomic mass is 16.5. The number of hydrogen-bond donors (Lipinski definition) is 0. The molecule has 0 amide bonds. The Morgan fingerprint density at radius 1 is 1.30 bits per heavy atom. The number of carbonyl (C=O) groups is 1. The summed E-state index contributed by atoms with van der Waals surface area (Å²) in [5.74, 6) is 0.707. The van der Waals surface area contributed by atoms with E-state index < -0.39 is 11.0 Å². The van der Waals surface area contributed by atoms with Crippen molar-refractivity contribution in [2.45, 2.75) is 56.5 Å². The SMILES string of the molecule is CCOC(=O)C1(c2nc(C3(OC)CCC3)no2)CCC1. The normalized spacial score (nSPS) is 22.7. The van der Waals surface area contributed by atoms with Crippen molar-refractivity contribution in [3.63, 3.8) is 0 Å². The molecule has 0 N–H and O–H groups in total. The molecule has 3 rings (SSSR count). The van der Waals surface area contributed by atoms with E-state index in [1.54, 1.807) is 14.0 Å². The number of esters is 1. The molecule has 20 heavy (non-hydrogen) atoms. The van der Waals surface area contributed by atoms with Crippen molar-refractivity contribution in [2.24, 2.45) is 0 Å². The quantitative estimate of drug-likeness (QED) is 0.769. The Bertz CT molecular complexity index is 498. The van der Waals surface area contributed by atoms with Crippen molar-refractivity contribution in [1.29, 1.82) is 0 Å². The number of aromatic nitrogens is 2. The summed E-state index contributed by atoms with van der Waals surface area (Å²) in [5, 5.41) is 4.05. The maximum absolute atomic E-state index is 12.2. The van der Waals surface area contributed by atoms with Gasteiger partial charge in [-0.1, -0.05) is 11.6 Å². The van der Waals surface area contributed by atoms with Crippen LogP contribution in [-0.2, 0) is 25.3 Å². The third kappa shape index (κ3) is 1.78. The molecule has 2 aliphatic carbocycles. The van der Waals surface area contributed by atoms with Crippen LogP contribution in [0, 0.1) is 0 Å². The molecule has 1 heterocycles. The first-order chi connectivity index (χ1) is 9.67. The monoisotopic (exact) mass is 280 g/mol. The topological polar surface area (TPSA) is 74.5 Å². The Balaban J connectivity index is 1.87. The standard InChI is InChI=1S/C14H20N2O4/c1-3-19-12(17)13(6-4-7-13)11-15-10(16-20-11)14(18-2)8-5-9-14/h3-9H2,1-2H3. The molecule has 0 atom stereocenters. The third-order valence-corrected chi connectivity index (χ3v) is 4.67. The van der Waals surface area contributed by atoms with Gasteiger partial charge in [0.15, 0.2) is 0 Å². The minimum absolute atomic E-state index is 0.249. The molecule has 0 spiro atoms. The summed E-state index contributed by atoms with van der Waals surface area (Å²) in [7, 11) is 1.67. The summed E-state index contributed by atoms with van der Waals surface area (Å²) in [6.45, 7) is 2.17. The Labute approximate surface area is 117 Å². The molecule has 6 nitrogen and oxygen atoms in total. The minimum atomic E-state index is -0.722. The lowest BCUT2D eigenvalue weighted by Crippen LogP contribution is -2.44. The lowest BCUT2D eigenvalue weighted by molar-refractivity contribution is -0.155. The molecular formula is C14H20N2O4. The van der Waals surface area contributed by atoms with Gasteiger partial charge in [0.2, 0.25) is 11.7 Å². The van der Waals surface area contributed by atoms with E-state index in [0.717, 1.165) is 25.7 Å². The lowest BCUT2D eigenvalue weighted by atomic mass is 9.68. The average molecular weight is 280 g/mol. The largest absolute Gasteiger partial charge is 0.465 e. The van der Waals surface area contributed by atoms with E-state index in [2.05, 4.69) is 10.1 Å². The molecule has 2 fully saturated rings. The molecule has 2 saturated carbocycles. The smallest absolute Gasteiger partial charge is 0.321 e. The van der Waals surface area contributed by atoms with Gasteiger partial charge in [0.1, 0.15) is 11.0 Å². The summed E-state index contributed by atoms with van der Waals surface area (Å²) in [4.78, 5) is 16.6. The first-order valence-electron chi connectivity index (χ1n) is 7.24. The summed E-state index contributed by atoms with van der Waals surface area (Å²) >= 11 is 0.